The fourth-order valence-electron chi connectivity index (χ4n) is 4.53. The summed E-state index contributed by atoms with van der Waals surface area (Å²) >= 11 is 0. The van der Waals surface area contributed by atoms with Gasteiger partial charge in [-0.15, -0.1) is 0 Å². The first kappa shape index (κ1) is 20.7. The van der Waals surface area contributed by atoms with Gasteiger partial charge >= 0.3 is 0 Å². The molecular formula is C24H32N4O2. The lowest BCUT2D eigenvalue weighted by atomic mass is 9.88. The Bertz CT molecular complexity index is 833. The molecule has 1 aliphatic heterocycles. The van der Waals surface area contributed by atoms with E-state index in [1.165, 1.54) is 6.42 Å². The van der Waals surface area contributed by atoms with Crippen LogP contribution >= 0.6 is 0 Å². The standard InChI is InChI=1S/C24H32N4O2/c29-22-9-4-6-19(16-22)18-27-12-5-13-28(15-14-27)23-11-10-21(17-25-23)26-24(30)20-7-2-1-3-8-20/h4,6,9-11,16-17,20,29H,1-3,5,7-8,12-15,18H2,(H,26,30). The van der Waals surface area contributed by atoms with Gasteiger partial charge in [0.25, 0.3) is 0 Å². The number of carbonyl (C=O) groups excluding carboxylic acids is 1. The number of nitrogens with zero attached hydrogens (tertiary/aromatic N) is 3. The van der Waals surface area contributed by atoms with E-state index in [1.807, 2.05) is 24.3 Å². The van der Waals surface area contributed by atoms with Crippen molar-refractivity contribution in [3.63, 3.8) is 0 Å². The van der Waals surface area contributed by atoms with Gasteiger partial charge in [-0.25, -0.2) is 4.98 Å². The van der Waals surface area contributed by atoms with Crippen LogP contribution in [0.3, 0.4) is 0 Å². The quantitative estimate of drug-likeness (QED) is 0.782. The number of aromatic hydroxyl groups is 1. The first-order valence-corrected chi connectivity index (χ1v) is 11.2. The lowest BCUT2D eigenvalue weighted by Crippen LogP contribution is -2.31. The Kier molecular flexibility index (Phi) is 6.84. The smallest absolute Gasteiger partial charge is 0.227 e. The summed E-state index contributed by atoms with van der Waals surface area (Å²) in [5.41, 5.74) is 1.93. The molecule has 1 aliphatic carbocycles. The van der Waals surface area contributed by atoms with E-state index < -0.39 is 0 Å². The van der Waals surface area contributed by atoms with Gasteiger partial charge < -0.3 is 15.3 Å². The summed E-state index contributed by atoms with van der Waals surface area (Å²) in [6, 6.07) is 11.5. The fraction of sp³-hybridized carbons (Fsp3) is 0.500. The Morgan fingerprint density at radius 2 is 1.90 bits per heavy atom. The van der Waals surface area contributed by atoms with Crippen LogP contribution in [0.5, 0.6) is 5.75 Å². The van der Waals surface area contributed by atoms with Crippen molar-refractivity contribution in [2.75, 3.05) is 36.4 Å². The molecule has 0 atom stereocenters. The molecule has 160 valence electrons. The lowest BCUT2D eigenvalue weighted by Gasteiger charge is -2.23. The molecule has 2 aliphatic rings. The molecule has 30 heavy (non-hydrogen) atoms. The van der Waals surface area contributed by atoms with Gasteiger partial charge in [-0.05, 0) is 49.1 Å². The van der Waals surface area contributed by atoms with Crippen LogP contribution in [0.15, 0.2) is 42.6 Å². The average Bonchev–Trinajstić information content (AvgIpc) is 3.00. The van der Waals surface area contributed by atoms with Crippen molar-refractivity contribution in [2.45, 2.75) is 45.1 Å². The van der Waals surface area contributed by atoms with E-state index in [9.17, 15) is 9.90 Å². The Hall–Kier alpha value is -2.60. The molecule has 1 aromatic carbocycles. The van der Waals surface area contributed by atoms with Crippen LogP contribution < -0.4 is 10.2 Å². The lowest BCUT2D eigenvalue weighted by molar-refractivity contribution is -0.120. The summed E-state index contributed by atoms with van der Waals surface area (Å²) in [5.74, 6) is 1.58. The molecule has 1 saturated heterocycles. The number of phenols is 1. The van der Waals surface area contributed by atoms with Crippen molar-refractivity contribution in [2.24, 2.45) is 5.92 Å². The monoisotopic (exact) mass is 408 g/mol. The minimum atomic E-state index is 0.140. The second kappa shape index (κ2) is 9.94. The SMILES string of the molecule is O=C(Nc1ccc(N2CCCN(Cc3cccc(O)c3)CC2)nc1)C1CCCCC1. The number of rotatable bonds is 5. The second-order valence-corrected chi connectivity index (χ2v) is 8.52. The molecule has 2 aromatic rings. The van der Waals surface area contributed by atoms with Crippen molar-refractivity contribution < 1.29 is 9.90 Å². The second-order valence-electron chi connectivity index (χ2n) is 8.52. The maximum absolute atomic E-state index is 12.4. The van der Waals surface area contributed by atoms with Gasteiger partial charge in [0.15, 0.2) is 0 Å². The molecule has 2 N–H and O–H groups in total. The van der Waals surface area contributed by atoms with Crippen LogP contribution in [0.25, 0.3) is 0 Å². The minimum absolute atomic E-state index is 0.140. The number of pyridine rings is 1. The van der Waals surface area contributed by atoms with Crippen molar-refractivity contribution >= 4 is 17.4 Å². The molecule has 6 nitrogen and oxygen atoms in total. The summed E-state index contributed by atoms with van der Waals surface area (Å²) in [5, 5.41) is 12.7. The largest absolute Gasteiger partial charge is 0.508 e. The number of phenolic OH excluding ortho intramolecular Hbond substituents is 1. The highest BCUT2D eigenvalue weighted by Gasteiger charge is 2.21. The predicted molar refractivity (Wildman–Crippen MR) is 120 cm³/mol. The first-order chi connectivity index (χ1) is 14.7. The first-order valence-electron chi connectivity index (χ1n) is 11.2. The number of carbonyl (C=O) groups is 1. The topological polar surface area (TPSA) is 68.7 Å². The van der Waals surface area contributed by atoms with Crippen LogP contribution in [0.2, 0.25) is 0 Å². The number of amides is 1. The number of hydrogen-bond acceptors (Lipinski definition) is 5. The molecule has 1 aromatic heterocycles. The summed E-state index contributed by atoms with van der Waals surface area (Å²) in [6.45, 7) is 4.72. The van der Waals surface area contributed by atoms with E-state index in [1.54, 1.807) is 12.3 Å². The van der Waals surface area contributed by atoms with E-state index in [-0.39, 0.29) is 11.8 Å². The molecule has 2 fully saturated rings. The third kappa shape index (κ3) is 5.51. The van der Waals surface area contributed by atoms with Crippen molar-refractivity contribution in [3.8, 4) is 5.75 Å². The van der Waals surface area contributed by atoms with Crippen LogP contribution in [-0.2, 0) is 11.3 Å². The number of aromatic nitrogens is 1. The van der Waals surface area contributed by atoms with Crippen LogP contribution in [0, 0.1) is 5.92 Å². The van der Waals surface area contributed by atoms with Crippen molar-refractivity contribution in [3.05, 3.63) is 48.2 Å². The van der Waals surface area contributed by atoms with Crippen LogP contribution in [0.1, 0.15) is 44.1 Å². The Balaban J connectivity index is 1.30. The van der Waals surface area contributed by atoms with E-state index in [2.05, 4.69) is 26.2 Å². The zero-order valence-corrected chi connectivity index (χ0v) is 17.6. The molecular weight excluding hydrogens is 376 g/mol. The highest BCUT2D eigenvalue weighted by molar-refractivity contribution is 5.92. The third-order valence-corrected chi connectivity index (χ3v) is 6.22. The fourth-order valence-corrected chi connectivity index (χ4v) is 4.53. The Labute approximate surface area is 178 Å². The van der Waals surface area contributed by atoms with Crippen LogP contribution in [0.4, 0.5) is 11.5 Å². The number of hydrogen-bond donors (Lipinski definition) is 2. The zero-order valence-electron chi connectivity index (χ0n) is 17.6. The Morgan fingerprint density at radius 3 is 2.67 bits per heavy atom. The number of nitrogens with one attached hydrogen (secondary N) is 1. The molecule has 0 bridgehead atoms. The van der Waals surface area contributed by atoms with Gasteiger partial charge in [0.1, 0.15) is 11.6 Å². The molecule has 6 heteroatoms. The molecule has 0 spiro atoms. The van der Waals surface area contributed by atoms with Gasteiger partial charge in [0.2, 0.25) is 5.91 Å². The molecule has 2 heterocycles. The van der Waals surface area contributed by atoms with E-state index in [4.69, 9.17) is 0 Å². The number of anilines is 2. The zero-order chi connectivity index (χ0) is 20.8. The van der Waals surface area contributed by atoms with Gasteiger partial charge in [0.05, 0.1) is 11.9 Å². The molecule has 1 amide bonds. The van der Waals surface area contributed by atoms with Gasteiger partial charge in [0, 0.05) is 38.6 Å². The summed E-state index contributed by atoms with van der Waals surface area (Å²) < 4.78 is 0. The Morgan fingerprint density at radius 1 is 1.03 bits per heavy atom. The predicted octanol–water partition coefficient (Wildman–Crippen LogP) is 4.02. The normalized spacial score (nSPS) is 18.7. The van der Waals surface area contributed by atoms with Crippen LogP contribution in [-0.4, -0.2) is 47.1 Å². The average molecular weight is 409 g/mol. The summed E-state index contributed by atoms with van der Waals surface area (Å²) in [7, 11) is 0. The molecule has 4 rings (SSSR count). The van der Waals surface area contributed by atoms with E-state index in [0.29, 0.717) is 5.75 Å². The molecule has 0 unspecified atom stereocenters. The van der Waals surface area contributed by atoms with Gasteiger partial charge in [-0.3, -0.25) is 9.69 Å². The summed E-state index contributed by atoms with van der Waals surface area (Å²) in [4.78, 5) is 21.8. The third-order valence-electron chi connectivity index (χ3n) is 6.22. The number of benzene rings is 1. The van der Waals surface area contributed by atoms with Crippen molar-refractivity contribution in [1.29, 1.82) is 0 Å². The van der Waals surface area contributed by atoms with Gasteiger partial charge in [-0.2, -0.15) is 0 Å². The molecule has 1 saturated carbocycles. The van der Waals surface area contributed by atoms with E-state index >= 15 is 0 Å². The highest BCUT2D eigenvalue weighted by Crippen LogP contribution is 2.25. The van der Waals surface area contributed by atoms with Crippen molar-refractivity contribution in [1.82, 2.24) is 9.88 Å². The summed E-state index contributed by atoms with van der Waals surface area (Å²) in [6.07, 6.45) is 8.43. The highest BCUT2D eigenvalue weighted by atomic mass is 16.3. The van der Waals surface area contributed by atoms with Gasteiger partial charge in [-0.1, -0.05) is 31.4 Å². The minimum Gasteiger partial charge on any atom is -0.508 e. The van der Waals surface area contributed by atoms with E-state index in [0.717, 1.165) is 81.9 Å². The maximum atomic E-state index is 12.4. The molecule has 0 radical (unpaired) electrons. The maximum Gasteiger partial charge on any atom is 0.227 e.